The number of benzene rings is 1. The van der Waals surface area contributed by atoms with E-state index in [4.69, 9.17) is 0 Å². The number of aryl methyl sites for hydroxylation is 1. The molecule has 1 amide bonds. The maximum atomic E-state index is 12.6. The predicted octanol–water partition coefficient (Wildman–Crippen LogP) is 2.01. The van der Waals surface area contributed by atoms with Crippen molar-refractivity contribution >= 4 is 35.5 Å². The van der Waals surface area contributed by atoms with Crippen LogP contribution >= 0.6 is 23.7 Å². The van der Waals surface area contributed by atoms with E-state index >= 15 is 0 Å². The van der Waals surface area contributed by atoms with Crippen LogP contribution in [0, 0.1) is 6.92 Å². The number of amidine groups is 1. The predicted molar refractivity (Wildman–Crippen MR) is 105 cm³/mol. The van der Waals surface area contributed by atoms with E-state index in [1.54, 1.807) is 11.3 Å². The largest absolute Gasteiger partial charge is 0.392 e. The van der Waals surface area contributed by atoms with E-state index in [1.807, 2.05) is 43.6 Å². The number of aromatic nitrogens is 1. The molecule has 1 saturated heterocycles. The quantitative estimate of drug-likeness (QED) is 0.745. The molecule has 3 N–H and O–H groups in total. The zero-order valence-electron chi connectivity index (χ0n) is 14.5. The first-order chi connectivity index (χ1) is 12.0. The molecule has 0 bridgehead atoms. The summed E-state index contributed by atoms with van der Waals surface area (Å²) in [5.74, 6) is 0.485. The maximum absolute atomic E-state index is 12.6. The van der Waals surface area contributed by atoms with Gasteiger partial charge in [-0.1, -0.05) is 24.3 Å². The lowest BCUT2D eigenvalue weighted by atomic mass is 9.91. The lowest BCUT2D eigenvalue weighted by molar-refractivity contribution is -0.123. The van der Waals surface area contributed by atoms with Gasteiger partial charge in [-0.3, -0.25) is 4.79 Å². The summed E-state index contributed by atoms with van der Waals surface area (Å²) in [4.78, 5) is 22.7. The number of aliphatic imine (C=N–C) groups is 1. The van der Waals surface area contributed by atoms with E-state index in [2.05, 4.69) is 20.6 Å². The molecule has 1 aromatic heterocycles. The topological polar surface area (TPSA) is 86.6 Å². The Morgan fingerprint density at radius 2 is 2.04 bits per heavy atom. The second-order valence-corrected chi connectivity index (χ2v) is 7.57. The van der Waals surface area contributed by atoms with Crippen molar-refractivity contribution in [1.29, 1.82) is 0 Å². The number of aliphatic hydroxyl groups excluding tert-OH is 1. The van der Waals surface area contributed by atoms with Crippen molar-refractivity contribution in [2.24, 2.45) is 4.99 Å². The number of halogens is 1. The average molecular weight is 393 g/mol. The summed E-state index contributed by atoms with van der Waals surface area (Å²) in [6, 6.07) is 7.84. The summed E-state index contributed by atoms with van der Waals surface area (Å²) in [7, 11) is 0. The van der Waals surface area contributed by atoms with Gasteiger partial charge in [0.15, 0.2) is 5.54 Å². The van der Waals surface area contributed by atoms with Crippen molar-refractivity contribution in [2.45, 2.75) is 38.0 Å². The molecule has 1 aromatic carbocycles. The number of thiazole rings is 1. The Balaban J connectivity index is 0.00000196. The van der Waals surface area contributed by atoms with Crippen LogP contribution in [0.4, 0.5) is 0 Å². The van der Waals surface area contributed by atoms with Crippen LogP contribution in [0.15, 0.2) is 34.8 Å². The first-order valence-corrected chi connectivity index (χ1v) is 9.19. The molecule has 0 spiro atoms. The van der Waals surface area contributed by atoms with Gasteiger partial charge in [0.05, 0.1) is 28.2 Å². The minimum atomic E-state index is -0.939. The van der Waals surface area contributed by atoms with E-state index in [9.17, 15) is 9.90 Å². The van der Waals surface area contributed by atoms with E-state index < -0.39 is 11.6 Å². The van der Waals surface area contributed by atoms with Gasteiger partial charge >= 0.3 is 0 Å². The second kappa shape index (κ2) is 7.08. The van der Waals surface area contributed by atoms with Crippen molar-refractivity contribution in [3.05, 3.63) is 41.0 Å². The Hall–Kier alpha value is -1.80. The molecule has 3 heterocycles. The molecule has 4 rings (SSSR count). The summed E-state index contributed by atoms with van der Waals surface area (Å²) >= 11 is 1.61. The fourth-order valence-electron chi connectivity index (χ4n) is 3.37. The number of carbonyl (C=O) groups is 1. The molecule has 3 atom stereocenters. The molecule has 2 unspecified atom stereocenters. The highest BCUT2D eigenvalue weighted by Crippen LogP contribution is 2.33. The van der Waals surface area contributed by atoms with E-state index in [1.165, 1.54) is 0 Å². The summed E-state index contributed by atoms with van der Waals surface area (Å²) in [5.41, 5.74) is 3.85. The Morgan fingerprint density at radius 1 is 1.31 bits per heavy atom. The van der Waals surface area contributed by atoms with Gasteiger partial charge in [-0.25, -0.2) is 9.98 Å². The number of hydrogen-bond donors (Lipinski definition) is 3. The highest BCUT2D eigenvalue weighted by atomic mass is 35.5. The van der Waals surface area contributed by atoms with Crippen LogP contribution in [0.25, 0.3) is 10.4 Å². The third-order valence-electron chi connectivity index (χ3n) is 4.92. The van der Waals surface area contributed by atoms with Crippen molar-refractivity contribution in [1.82, 2.24) is 15.6 Å². The first-order valence-electron chi connectivity index (χ1n) is 8.31. The molecular weight excluding hydrogens is 372 g/mol. The van der Waals surface area contributed by atoms with Crippen LogP contribution in [0.1, 0.15) is 24.6 Å². The van der Waals surface area contributed by atoms with E-state index in [0.717, 1.165) is 21.7 Å². The lowest BCUT2D eigenvalue weighted by Gasteiger charge is -2.18. The van der Waals surface area contributed by atoms with Crippen LogP contribution in [0.5, 0.6) is 0 Å². The Bertz CT molecular complexity index is 851. The number of carbonyl (C=O) groups excluding carboxylic acids is 1. The highest BCUT2D eigenvalue weighted by Gasteiger charge is 2.43. The zero-order valence-corrected chi connectivity index (χ0v) is 16.2. The normalized spacial score (nSPS) is 27.8. The van der Waals surface area contributed by atoms with Crippen molar-refractivity contribution in [3.63, 3.8) is 0 Å². The van der Waals surface area contributed by atoms with Crippen molar-refractivity contribution < 1.29 is 9.90 Å². The van der Waals surface area contributed by atoms with Gasteiger partial charge in [0.1, 0.15) is 5.84 Å². The standard InChI is InChI=1S/C18H20N4O2S.ClH/c1-10-15(25-9-20-10)11-3-5-12(6-4-11)18(2)17(24)21-16(22-18)14-7-13(23)8-19-14;/h3-6,9,13-14,19,23H,7-8H2,1-2H3,(H,21,22,24);1H/t13-,14?,18?;/m1./s1. The van der Waals surface area contributed by atoms with Crippen LogP contribution in [0.2, 0.25) is 0 Å². The molecule has 2 aromatic rings. The van der Waals surface area contributed by atoms with Gasteiger partial charge in [-0.15, -0.1) is 23.7 Å². The Labute approximate surface area is 162 Å². The van der Waals surface area contributed by atoms with Crippen LogP contribution < -0.4 is 10.6 Å². The fraction of sp³-hybridized carbons (Fsp3) is 0.389. The minimum Gasteiger partial charge on any atom is -0.392 e. The fourth-order valence-corrected chi connectivity index (χ4v) is 4.18. The highest BCUT2D eigenvalue weighted by molar-refractivity contribution is 7.13. The smallest absolute Gasteiger partial charge is 0.257 e. The molecule has 0 aliphatic carbocycles. The molecule has 8 heteroatoms. The zero-order chi connectivity index (χ0) is 17.6. The van der Waals surface area contributed by atoms with Gasteiger partial charge in [-0.05, 0) is 31.4 Å². The van der Waals surface area contributed by atoms with Crippen LogP contribution in [-0.4, -0.2) is 40.5 Å². The van der Waals surface area contributed by atoms with Gasteiger partial charge in [0.25, 0.3) is 5.91 Å². The summed E-state index contributed by atoms with van der Waals surface area (Å²) in [5, 5.41) is 15.8. The summed E-state index contributed by atoms with van der Waals surface area (Å²) in [6.45, 7) is 4.35. The Kier molecular flexibility index (Phi) is 5.16. The van der Waals surface area contributed by atoms with Gasteiger partial charge in [0, 0.05) is 6.54 Å². The minimum absolute atomic E-state index is 0. The average Bonchev–Trinajstić information content (AvgIpc) is 3.29. The number of rotatable bonds is 3. The first kappa shape index (κ1) is 19.0. The molecular formula is C18H21ClN4O2S. The second-order valence-electron chi connectivity index (χ2n) is 6.72. The summed E-state index contributed by atoms with van der Waals surface area (Å²) in [6.07, 6.45) is 0.178. The number of nitrogens with one attached hydrogen (secondary N) is 2. The molecule has 0 radical (unpaired) electrons. The maximum Gasteiger partial charge on any atom is 0.257 e. The molecule has 6 nitrogen and oxygen atoms in total. The molecule has 26 heavy (non-hydrogen) atoms. The third kappa shape index (κ3) is 3.16. The van der Waals surface area contributed by atoms with Crippen molar-refractivity contribution in [2.75, 3.05) is 6.54 Å². The number of β-amino-alcohol motifs (C(OH)–C–C–N with tert-alkyl or cyclic N) is 1. The van der Waals surface area contributed by atoms with E-state index in [0.29, 0.717) is 18.8 Å². The molecule has 0 saturated carbocycles. The van der Waals surface area contributed by atoms with Gasteiger partial charge in [-0.2, -0.15) is 0 Å². The number of hydrogen-bond acceptors (Lipinski definition) is 6. The van der Waals surface area contributed by atoms with Gasteiger partial charge in [0.2, 0.25) is 0 Å². The molecule has 2 aliphatic rings. The molecule has 1 fully saturated rings. The van der Waals surface area contributed by atoms with Crippen molar-refractivity contribution in [3.8, 4) is 10.4 Å². The third-order valence-corrected chi connectivity index (χ3v) is 5.90. The monoisotopic (exact) mass is 392 g/mol. The SMILES string of the molecule is Cc1ncsc1-c1ccc(C2(C)N=C(C3C[C@@H](O)CN3)NC2=O)cc1.Cl. The number of aliphatic hydroxyl groups is 1. The summed E-state index contributed by atoms with van der Waals surface area (Å²) < 4.78 is 0. The van der Waals surface area contributed by atoms with Crippen LogP contribution in [-0.2, 0) is 10.3 Å². The van der Waals surface area contributed by atoms with E-state index in [-0.39, 0.29) is 24.4 Å². The Morgan fingerprint density at radius 3 is 2.62 bits per heavy atom. The molecule has 2 aliphatic heterocycles. The van der Waals surface area contributed by atoms with Crippen LogP contribution in [0.3, 0.4) is 0 Å². The van der Waals surface area contributed by atoms with Gasteiger partial charge < -0.3 is 15.7 Å². The number of nitrogens with zero attached hydrogens (tertiary/aromatic N) is 2. The molecule has 138 valence electrons. The number of amides is 1. The lowest BCUT2D eigenvalue weighted by Crippen LogP contribution is -2.41.